The van der Waals surface area contributed by atoms with E-state index < -0.39 is 0 Å². The van der Waals surface area contributed by atoms with Gasteiger partial charge in [-0.25, -0.2) is 9.37 Å². The van der Waals surface area contributed by atoms with Crippen LogP contribution in [0.15, 0.2) is 54.9 Å². The van der Waals surface area contributed by atoms with Gasteiger partial charge in [-0.3, -0.25) is 9.69 Å². The Labute approximate surface area is 168 Å². The van der Waals surface area contributed by atoms with E-state index in [0.29, 0.717) is 31.6 Å². The molecule has 2 heterocycles. The van der Waals surface area contributed by atoms with Crippen molar-refractivity contribution in [2.45, 2.75) is 32.1 Å². The second-order valence-electron chi connectivity index (χ2n) is 7.11. The maximum absolute atomic E-state index is 13.2. The number of rotatable bonds is 5. The Hall–Kier alpha value is -3.50. The van der Waals surface area contributed by atoms with Gasteiger partial charge in [0.1, 0.15) is 5.82 Å². The van der Waals surface area contributed by atoms with E-state index in [4.69, 9.17) is 5.26 Å². The maximum atomic E-state index is 13.2. The third kappa shape index (κ3) is 4.33. The van der Waals surface area contributed by atoms with Gasteiger partial charge < -0.3 is 10.3 Å². The summed E-state index contributed by atoms with van der Waals surface area (Å²) in [6, 6.07) is 15.2. The fourth-order valence-electron chi connectivity index (χ4n) is 3.54. The van der Waals surface area contributed by atoms with Gasteiger partial charge in [0, 0.05) is 26.1 Å². The molecule has 3 aromatic rings. The van der Waals surface area contributed by atoms with Crippen LogP contribution in [0.4, 0.5) is 4.39 Å². The third-order valence-corrected chi connectivity index (χ3v) is 5.15. The highest BCUT2D eigenvalue weighted by Crippen LogP contribution is 2.23. The van der Waals surface area contributed by atoms with E-state index in [2.05, 4.69) is 26.3 Å². The van der Waals surface area contributed by atoms with Crippen LogP contribution in [-0.4, -0.2) is 26.8 Å². The molecule has 146 valence electrons. The molecule has 4 rings (SSSR count). The minimum absolute atomic E-state index is 0.0786. The van der Waals surface area contributed by atoms with Crippen molar-refractivity contribution in [2.75, 3.05) is 0 Å². The number of nitrogens with one attached hydrogen (secondary N) is 2. The highest BCUT2D eigenvalue weighted by atomic mass is 19.1. The number of amides is 1. The standard InChI is InChI=1S/C22H20FN5O/c23-18-7-5-17(6-8-18)12-28-13-20-19(26-14-27-20)9-21(28)22(29)25-11-16-3-1-15(10-24)2-4-16/h1-8,14,21H,9,11-13H2,(H,25,29)(H,26,27). The zero-order valence-corrected chi connectivity index (χ0v) is 15.7. The monoisotopic (exact) mass is 389 g/mol. The van der Waals surface area contributed by atoms with E-state index in [1.54, 1.807) is 30.6 Å². The predicted octanol–water partition coefficient (Wildman–Crippen LogP) is 2.66. The van der Waals surface area contributed by atoms with Crippen molar-refractivity contribution in [1.29, 1.82) is 5.26 Å². The van der Waals surface area contributed by atoms with Crippen LogP contribution in [0, 0.1) is 17.1 Å². The molecule has 1 unspecified atom stereocenters. The molecule has 6 nitrogen and oxygen atoms in total. The number of carbonyl (C=O) groups excluding carboxylic acids is 1. The number of imidazole rings is 1. The minimum Gasteiger partial charge on any atom is -0.351 e. The zero-order valence-electron chi connectivity index (χ0n) is 15.7. The summed E-state index contributed by atoms with van der Waals surface area (Å²) < 4.78 is 13.2. The molecule has 1 aromatic heterocycles. The van der Waals surface area contributed by atoms with E-state index in [1.165, 1.54) is 12.1 Å². The van der Waals surface area contributed by atoms with Crippen molar-refractivity contribution < 1.29 is 9.18 Å². The van der Waals surface area contributed by atoms with Crippen LogP contribution in [0.1, 0.15) is 28.1 Å². The van der Waals surface area contributed by atoms with Gasteiger partial charge in [0.2, 0.25) is 5.91 Å². The molecule has 1 amide bonds. The fourth-order valence-corrected chi connectivity index (χ4v) is 3.54. The number of H-pyrrole nitrogens is 1. The van der Waals surface area contributed by atoms with Gasteiger partial charge in [0.25, 0.3) is 0 Å². The van der Waals surface area contributed by atoms with Crippen molar-refractivity contribution in [3.8, 4) is 6.07 Å². The summed E-state index contributed by atoms with van der Waals surface area (Å²) in [5.41, 5.74) is 4.36. The first kappa shape index (κ1) is 18.8. The highest BCUT2D eigenvalue weighted by Gasteiger charge is 2.32. The summed E-state index contributed by atoms with van der Waals surface area (Å²) in [5.74, 6) is -0.356. The summed E-state index contributed by atoms with van der Waals surface area (Å²) in [6.45, 7) is 1.49. The molecule has 0 radical (unpaired) electrons. The van der Waals surface area contributed by atoms with Crippen LogP contribution in [0.3, 0.4) is 0 Å². The second-order valence-corrected chi connectivity index (χ2v) is 7.11. The largest absolute Gasteiger partial charge is 0.351 e. The van der Waals surface area contributed by atoms with Crippen LogP contribution in [0.25, 0.3) is 0 Å². The number of aromatic amines is 1. The number of halogens is 1. The number of hydrogen-bond donors (Lipinski definition) is 2. The average Bonchev–Trinajstić information content (AvgIpc) is 3.21. The van der Waals surface area contributed by atoms with E-state index in [1.807, 2.05) is 12.1 Å². The predicted molar refractivity (Wildman–Crippen MR) is 105 cm³/mol. The van der Waals surface area contributed by atoms with E-state index >= 15 is 0 Å². The molecule has 0 saturated heterocycles. The van der Waals surface area contributed by atoms with Crippen LogP contribution in [-0.2, 0) is 30.8 Å². The molecule has 29 heavy (non-hydrogen) atoms. The number of hydrogen-bond acceptors (Lipinski definition) is 4. The molecular weight excluding hydrogens is 369 g/mol. The van der Waals surface area contributed by atoms with Crippen LogP contribution < -0.4 is 5.32 Å². The number of nitrogens with zero attached hydrogens (tertiary/aromatic N) is 3. The maximum Gasteiger partial charge on any atom is 0.238 e. The number of fused-ring (bicyclic) bond motifs is 1. The van der Waals surface area contributed by atoms with Crippen LogP contribution in [0.5, 0.6) is 0 Å². The Kier molecular flexibility index (Phi) is 5.36. The molecule has 0 fully saturated rings. The molecule has 1 aliphatic rings. The first-order chi connectivity index (χ1) is 14.1. The molecule has 0 saturated carbocycles. The lowest BCUT2D eigenvalue weighted by Gasteiger charge is -2.34. The van der Waals surface area contributed by atoms with Crippen molar-refractivity contribution in [3.05, 3.63) is 88.8 Å². The SMILES string of the molecule is N#Cc1ccc(CNC(=O)C2Cc3nc[nH]c3CN2Cc2ccc(F)cc2)cc1. The van der Waals surface area contributed by atoms with Crippen molar-refractivity contribution in [1.82, 2.24) is 20.2 Å². The minimum atomic E-state index is -0.366. The van der Waals surface area contributed by atoms with Gasteiger partial charge in [0.05, 0.1) is 35.4 Å². The third-order valence-electron chi connectivity index (χ3n) is 5.15. The lowest BCUT2D eigenvalue weighted by molar-refractivity contribution is -0.127. The molecule has 2 N–H and O–H groups in total. The summed E-state index contributed by atoms with van der Waals surface area (Å²) >= 11 is 0. The molecule has 1 atom stereocenters. The number of carbonyl (C=O) groups is 1. The van der Waals surface area contributed by atoms with Gasteiger partial charge in [-0.1, -0.05) is 24.3 Å². The summed E-state index contributed by atoms with van der Waals surface area (Å²) in [4.78, 5) is 22.5. The molecule has 2 aromatic carbocycles. The normalized spacial score (nSPS) is 16.1. The molecule has 0 spiro atoms. The molecule has 1 aliphatic heterocycles. The average molecular weight is 389 g/mol. The quantitative estimate of drug-likeness (QED) is 0.703. The smallest absolute Gasteiger partial charge is 0.238 e. The topological polar surface area (TPSA) is 84.8 Å². The number of nitriles is 1. The first-order valence-electron chi connectivity index (χ1n) is 9.39. The second kappa shape index (κ2) is 8.25. The summed E-state index contributed by atoms with van der Waals surface area (Å²) in [6.07, 6.45) is 2.16. The summed E-state index contributed by atoms with van der Waals surface area (Å²) in [7, 11) is 0. The lowest BCUT2D eigenvalue weighted by atomic mass is 10.0. The Morgan fingerprint density at radius 3 is 2.66 bits per heavy atom. The van der Waals surface area contributed by atoms with E-state index in [-0.39, 0.29) is 17.8 Å². The summed E-state index contributed by atoms with van der Waals surface area (Å²) in [5, 5.41) is 11.9. The first-order valence-corrected chi connectivity index (χ1v) is 9.39. The van der Waals surface area contributed by atoms with Crippen LogP contribution >= 0.6 is 0 Å². The molecular formula is C22H20FN5O. The van der Waals surface area contributed by atoms with Gasteiger partial charge in [-0.2, -0.15) is 5.26 Å². The van der Waals surface area contributed by atoms with E-state index in [0.717, 1.165) is 22.5 Å². The van der Waals surface area contributed by atoms with Crippen molar-refractivity contribution in [3.63, 3.8) is 0 Å². The van der Waals surface area contributed by atoms with Crippen LogP contribution in [0.2, 0.25) is 0 Å². The van der Waals surface area contributed by atoms with Gasteiger partial charge in [-0.05, 0) is 35.4 Å². The van der Waals surface area contributed by atoms with Gasteiger partial charge >= 0.3 is 0 Å². The Morgan fingerprint density at radius 1 is 1.21 bits per heavy atom. The fraction of sp³-hybridized carbons (Fsp3) is 0.227. The van der Waals surface area contributed by atoms with E-state index in [9.17, 15) is 9.18 Å². The molecule has 7 heteroatoms. The molecule has 0 aliphatic carbocycles. The van der Waals surface area contributed by atoms with Gasteiger partial charge in [-0.15, -0.1) is 0 Å². The molecule has 0 bridgehead atoms. The lowest BCUT2D eigenvalue weighted by Crippen LogP contribution is -2.49. The van der Waals surface area contributed by atoms with Crippen molar-refractivity contribution in [2.24, 2.45) is 0 Å². The number of aromatic nitrogens is 2. The zero-order chi connectivity index (χ0) is 20.2. The number of benzene rings is 2. The Bertz CT molecular complexity index is 1040. The Balaban J connectivity index is 1.47. The highest BCUT2D eigenvalue weighted by molar-refractivity contribution is 5.82. The Morgan fingerprint density at radius 2 is 1.93 bits per heavy atom. The van der Waals surface area contributed by atoms with Gasteiger partial charge in [0.15, 0.2) is 0 Å². The van der Waals surface area contributed by atoms with Crippen molar-refractivity contribution >= 4 is 5.91 Å².